The zero-order valence-corrected chi connectivity index (χ0v) is 9.81. The van der Waals surface area contributed by atoms with Crippen molar-refractivity contribution in [3.8, 4) is 0 Å². The molecular weight excluding hydrogens is 224 g/mol. The number of hydrogen-bond donors (Lipinski definition) is 1. The highest BCUT2D eigenvalue weighted by atomic mass is 16.6. The number of aliphatic carboxylic acids is 1. The molecule has 96 valence electrons. The van der Waals surface area contributed by atoms with Crippen LogP contribution in [-0.4, -0.2) is 23.0 Å². The van der Waals surface area contributed by atoms with Crippen LogP contribution in [0.3, 0.4) is 0 Å². The molecule has 0 bridgehead atoms. The minimum Gasteiger partial charge on any atom is -0.481 e. The summed E-state index contributed by atoms with van der Waals surface area (Å²) in [4.78, 5) is 31.9. The number of rotatable bonds is 9. The van der Waals surface area contributed by atoms with E-state index in [2.05, 4.69) is 11.3 Å². The molecule has 0 aliphatic rings. The van der Waals surface area contributed by atoms with Crippen LogP contribution in [0, 0.1) is 0 Å². The zero-order valence-electron chi connectivity index (χ0n) is 9.81. The fourth-order valence-electron chi connectivity index (χ4n) is 1.28. The molecule has 0 saturated carbocycles. The van der Waals surface area contributed by atoms with Gasteiger partial charge in [0, 0.05) is 18.9 Å². The van der Waals surface area contributed by atoms with Crippen LogP contribution in [0.15, 0.2) is 12.7 Å². The Labute approximate surface area is 100 Å². The Morgan fingerprint density at radius 2 is 1.53 bits per heavy atom. The van der Waals surface area contributed by atoms with E-state index in [1.807, 2.05) is 0 Å². The Morgan fingerprint density at radius 1 is 1.00 bits per heavy atom. The maximum Gasteiger partial charge on any atom is 0.337 e. The van der Waals surface area contributed by atoms with Crippen molar-refractivity contribution in [1.29, 1.82) is 0 Å². The number of carbonyl (C=O) groups excluding carboxylic acids is 2. The maximum absolute atomic E-state index is 11.0. The summed E-state index contributed by atoms with van der Waals surface area (Å²) >= 11 is 0. The van der Waals surface area contributed by atoms with Crippen molar-refractivity contribution >= 4 is 17.9 Å². The molecule has 0 aromatic heterocycles. The van der Waals surface area contributed by atoms with Crippen LogP contribution in [0.2, 0.25) is 0 Å². The van der Waals surface area contributed by atoms with Crippen LogP contribution in [-0.2, 0) is 19.1 Å². The first-order valence-electron chi connectivity index (χ1n) is 5.65. The van der Waals surface area contributed by atoms with Crippen LogP contribution in [0.5, 0.6) is 0 Å². The van der Waals surface area contributed by atoms with Gasteiger partial charge in [0.1, 0.15) is 0 Å². The Kier molecular flexibility index (Phi) is 8.64. The molecule has 5 nitrogen and oxygen atoms in total. The summed E-state index contributed by atoms with van der Waals surface area (Å²) in [5.41, 5.74) is 0. The number of unbranched alkanes of at least 4 members (excludes halogenated alkanes) is 4. The van der Waals surface area contributed by atoms with Crippen LogP contribution in [0.1, 0.15) is 44.9 Å². The molecule has 0 aromatic carbocycles. The Balaban J connectivity index is 3.33. The fraction of sp³-hybridized carbons (Fsp3) is 0.583. The number of hydrogen-bond acceptors (Lipinski definition) is 4. The van der Waals surface area contributed by atoms with Gasteiger partial charge in [-0.1, -0.05) is 25.8 Å². The lowest BCUT2D eigenvalue weighted by atomic mass is 10.1. The third-order valence-electron chi connectivity index (χ3n) is 2.15. The van der Waals surface area contributed by atoms with Gasteiger partial charge in [-0.3, -0.25) is 9.59 Å². The molecule has 0 radical (unpaired) electrons. The molecule has 0 amide bonds. The minimum absolute atomic E-state index is 0.190. The third kappa shape index (κ3) is 10.6. The first kappa shape index (κ1) is 15.3. The molecule has 0 spiro atoms. The molecule has 17 heavy (non-hydrogen) atoms. The van der Waals surface area contributed by atoms with Crippen molar-refractivity contribution < 1.29 is 24.2 Å². The summed E-state index contributed by atoms with van der Waals surface area (Å²) in [7, 11) is 0. The van der Waals surface area contributed by atoms with Crippen molar-refractivity contribution in [2.24, 2.45) is 0 Å². The van der Waals surface area contributed by atoms with Crippen LogP contribution in [0.4, 0.5) is 0 Å². The quantitative estimate of drug-likeness (QED) is 0.289. The predicted molar refractivity (Wildman–Crippen MR) is 61.3 cm³/mol. The van der Waals surface area contributed by atoms with Gasteiger partial charge in [-0.15, -0.1) is 0 Å². The van der Waals surface area contributed by atoms with Gasteiger partial charge in [0.2, 0.25) is 0 Å². The number of carboxylic acids is 1. The number of carbonyl (C=O) groups is 3. The summed E-state index contributed by atoms with van der Waals surface area (Å²) < 4.78 is 4.39. The molecule has 0 aliphatic heterocycles. The number of carboxylic acid groups (broad SMARTS) is 1. The standard InChI is InChI=1S/C12H18O5/c1-2-11(15)17-12(16)9-7-5-3-4-6-8-10(13)14/h2H,1,3-9H2,(H,13,14). The van der Waals surface area contributed by atoms with E-state index in [1.54, 1.807) is 0 Å². The Hall–Kier alpha value is -1.65. The van der Waals surface area contributed by atoms with Gasteiger partial charge >= 0.3 is 17.9 Å². The van der Waals surface area contributed by atoms with Crippen molar-refractivity contribution in [1.82, 2.24) is 0 Å². The van der Waals surface area contributed by atoms with Gasteiger partial charge < -0.3 is 9.84 Å². The molecule has 0 atom stereocenters. The van der Waals surface area contributed by atoms with Gasteiger partial charge in [0.05, 0.1) is 0 Å². The lowest BCUT2D eigenvalue weighted by Gasteiger charge is -2.00. The zero-order chi connectivity index (χ0) is 13.1. The summed E-state index contributed by atoms with van der Waals surface area (Å²) in [5, 5.41) is 8.40. The maximum atomic E-state index is 11.0. The highest BCUT2D eigenvalue weighted by Crippen LogP contribution is 2.07. The highest BCUT2D eigenvalue weighted by Gasteiger charge is 2.06. The predicted octanol–water partition coefficient (Wildman–Crippen LogP) is 2.06. The summed E-state index contributed by atoms with van der Waals surface area (Å²) in [6.07, 6.45) is 5.21. The smallest absolute Gasteiger partial charge is 0.337 e. The van der Waals surface area contributed by atoms with Crippen LogP contribution >= 0.6 is 0 Å². The first-order chi connectivity index (χ1) is 8.06. The lowest BCUT2D eigenvalue weighted by Crippen LogP contribution is -2.09. The van der Waals surface area contributed by atoms with Gasteiger partial charge in [0.15, 0.2) is 0 Å². The molecule has 5 heteroatoms. The molecule has 0 aromatic rings. The highest BCUT2D eigenvalue weighted by molar-refractivity contribution is 5.91. The van der Waals surface area contributed by atoms with Gasteiger partial charge in [-0.2, -0.15) is 0 Å². The third-order valence-corrected chi connectivity index (χ3v) is 2.15. The Bertz CT molecular complexity index is 283. The van der Waals surface area contributed by atoms with E-state index >= 15 is 0 Å². The van der Waals surface area contributed by atoms with Crippen molar-refractivity contribution in [3.05, 3.63) is 12.7 Å². The molecule has 0 saturated heterocycles. The first-order valence-corrected chi connectivity index (χ1v) is 5.65. The van der Waals surface area contributed by atoms with E-state index < -0.39 is 17.9 Å². The number of ether oxygens (including phenoxy) is 1. The van der Waals surface area contributed by atoms with Gasteiger partial charge in [-0.05, 0) is 12.8 Å². The van der Waals surface area contributed by atoms with Gasteiger partial charge in [0.25, 0.3) is 0 Å². The van der Waals surface area contributed by atoms with E-state index in [9.17, 15) is 14.4 Å². The number of esters is 2. The summed E-state index contributed by atoms with van der Waals surface area (Å²) in [5.74, 6) is -2.05. The average Bonchev–Trinajstić information content (AvgIpc) is 2.27. The van der Waals surface area contributed by atoms with Crippen molar-refractivity contribution in [2.75, 3.05) is 0 Å². The molecule has 0 fully saturated rings. The molecule has 0 rings (SSSR count). The topological polar surface area (TPSA) is 80.7 Å². The second-order valence-electron chi connectivity index (χ2n) is 3.66. The van der Waals surface area contributed by atoms with E-state index in [1.165, 1.54) is 0 Å². The van der Waals surface area contributed by atoms with E-state index in [-0.39, 0.29) is 12.8 Å². The van der Waals surface area contributed by atoms with Crippen molar-refractivity contribution in [3.63, 3.8) is 0 Å². The molecule has 0 unspecified atom stereocenters. The van der Waals surface area contributed by atoms with Crippen LogP contribution < -0.4 is 0 Å². The average molecular weight is 242 g/mol. The van der Waals surface area contributed by atoms with E-state index in [4.69, 9.17) is 5.11 Å². The van der Waals surface area contributed by atoms with Gasteiger partial charge in [-0.25, -0.2) is 4.79 Å². The molecule has 0 aliphatic carbocycles. The molecule has 0 heterocycles. The monoisotopic (exact) mass is 242 g/mol. The van der Waals surface area contributed by atoms with Crippen molar-refractivity contribution in [2.45, 2.75) is 44.9 Å². The Morgan fingerprint density at radius 3 is 2.06 bits per heavy atom. The second kappa shape index (κ2) is 9.57. The fourth-order valence-corrected chi connectivity index (χ4v) is 1.28. The lowest BCUT2D eigenvalue weighted by molar-refractivity contribution is -0.156. The second-order valence-corrected chi connectivity index (χ2v) is 3.66. The van der Waals surface area contributed by atoms with Crippen LogP contribution in [0.25, 0.3) is 0 Å². The van der Waals surface area contributed by atoms with E-state index in [0.717, 1.165) is 25.3 Å². The summed E-state index contributed by atoms with van der Waals surface area (Å²) in [6, 6.07) is 0. The molecule has 1 N–H and O–H groups in total. The van der Waals surface area contributed by atoms with E-state index in [0.29, 0.717) is 12.8 Å². The molecular formula is C12H18O5. The SMILES string of the molecule is C=CC(=O)OC(=O)CCCCCCCC(=O)O. The normalized spacial score (nSPS) is 9.65. The minimum atomic E-state index is -0.781. The summed E-state index contributed by atoms with van der Waals surface area (Å²) in [6.45, 7) is 3.18. The largest absolute Gasteiger partial charge is 0.481 e.